The highest BCUT2D eigenvalue weighted by Gasteiger charge is 2.13. The first-order valence-corrected chi connectivity index (χ1v) is 6.86. The second-order valence-corrected chi connectivity index (χ2v) is 4.68. The monoisotopic (exact) mass is 282 g/mol. The molecule has 0 aliphatic heterocycles. The van der Waals surface area contributed by atoms with Crippen molar-refractivity contribution in [3.8, 4) is 5.88 Å². The van der Waals surface area contributed by atoms with Crippen molar-refractivity contribution in [2.45, 2.75) is 39.5 Å². The fraction of sp³-hybridized carbons (Fsp3) is 0.615. The third-order valence-corrected chi connectivity index (χ3v) is 3.16. The van der Waals surface area contributed by atoms with Gasteiger partial charge >= 0.3 is 0 Å². The minimum atomic E-state index is -0.496. The van der Waals surface area contributed by atoms with Crippen LogP contribution in [0.15, 0.2) is 12.1 Å². The topological polar surface area (TPSA) is 103 Å². The molecule has 0 aliphatic rings. The van der Waals surface area contributed by atoms with E-state index in [0.717, 1.165) is 25.7 Å². The molecule has 0 radical (unpaired) electrons. The van der Waals surface area contributed by atoms with Crippen LogP contribution in [0, 0.1) is 16.0 Å². The van der Waals surface area contributed by atoms with Gasteiger partial charge in [0.2, 0.25) is 5.88 Å². The fourth-order valence-corrected chi connectivity index (χ4v) is 1.85. The van der Waals surface area contributed by atoms with E-state index in [1.165, 1.54) is 12.1 Å². The van der Waals surface area contributed by atoms with Crippen LogP contribution >= 0.6 is 0 Å². The summed E-state index contributed by atoms with van der Waals surface area (Å²) < 4.78 is 5.58. The molecule has 1 rings (SSSR count). The Morgan fingerprint density at radius 2 is 2.25 bits per heavy atom. The number of aromatic nitrogens is 1. The summed E-state index contributed by atoms with van der Waals surface area (Å²) >= 11 is 0. The second kappa shape index (κ2) is 8.31. The lowest BCUT2D eigenvalue weighted by atomic mass is 10.0. The van der Waals surface area contributed by atoms with Gasteiger partial charge in [0.25, 0.3) is 5.69 Å². The van der Waals surface area contributed by atoms with Crippen LogP contribution < -0.4 is 16.0 Å². The number of ether oxygens (including phenoxy) is 1. The molecule has 0 fully saturated rings. The van der Waals surface area contributed by atoms with Gasteiger partial charge in [-0.3, -0.25) is 10.1 Å². The summed E-state index contributed by atoms with van der Waals surface area (Å²) in [6, 6.07) is 2.58. The molecule has 1 aromatic heterocycles. The van der Waals surface area contributed by atoms with E-state index in [1.807, 2.05) is 0 Å². The molecule has 0 saturated carbocycles. The Morgan fingerprint density at radius 1 is 1.50 bits per heavy atom. The highest BCUT2D eigenvalue weighted by Crippen LogP contribution is 2.23. The van der Waals surface area contributed by atoms with Crippen LogP contribution in [0.3, 0.4) is 0 Å². The molecule has 0 aromatic carbocycles. The Labute approximate surface area is 118 Å². The zero-order valence-corrected chi connectivity index (χ0v) is 12.0. The summed E-state index contributed by atoms with van der Waals surface area (Å²) in [5.41, 5.74) is 2.21. The number of nitrogens with two attached hydrogens (primary N) is 1. The van der Waals surface area contributed by atoms with E-state index < -0.39 is 4.92 Å². The molecule has 7 heteroatoms. The summed E-state index contributed by atoms with van der Waals surface area (Å²) in [5, 5.41) is 10.8. The largest absolute Gasteiger partial charge is 0.477 e. The number of nitro groups is 1. The Kier molecular flexibility index (Phi) is 6.72. The Hall–Kier alpha value is -1.89. The van der Waals surface area contributed by atoms with Gasteiger partial charge in [-0.05, 0) is 12.3 Å². The first-order chi connectivity index (χ1) is 9.60. The lowest BCUT2D eigenvalue weighted by molar-refractivity contribution is -0.384. The summed E-state index contributed by atoms with van der Waals surface area (Å²) in [7, 11) is 0. The second-order valence-electron chi connectivity index (χ2n) is 4.68. The van der Waals surface area contributed by atoms with Crippen molar-refractivity contribution in [3.63, 3.8) is 0 Å². The van der Waals surface area contributed by atoms with Crippen molar-refractivity contribution < 1.29 is 9.66 Å². The molecule has 1 heterocycles. The minimum absolute atomic E-state index is 0.0930. The number of nitrogen functional groups attached to an aromatic ring is 1. The van der Waals surface area contributed by atoms with Crippen LogP contribution in [-0.2, 0) is 0 Å². The van der Waals surface area contributed by atoms with Crippen LogP contribution in [0.1, 0.15) is 39.5 Å². The maximum atomic E-state index is 10.8. The smallest absolute Gasteiger partial charge is 0.278 e. The average Bonchev–Trinajstić information content (AvgIpc) is 2.47. The fourth-order valence-electron chi connectivity index (χ4n) is 1.85. The zero-order chi connectivity index (χ0) is 15.0. The first kappa shape index (κ1) is 16.2. The highest BCUT2D eigenvalue weighted by atomic mass is 16.6. The van der Waals surface area contributed by atoms with E-state index in [1.54, 1.807) is 0 Å². The predicted octanol–water partition coefficient (Wildman–Crippen LogP) is 2.87. The lowest BCUT2D eigenvalue weighted by Crippen LogP contribution is -2.14. The van der Waals surface area contributed by atoms with Crippen molar-refractivity contribution >= 4 is 11.5 Å². The summed E-state index contributed by atoms with van der Waals surface area (Å²) in [4.78, 5) is 14.4. The molecule has 0 bridgehead atoms. The van der Waals surface area contributed by atoms with Crippen LogP contribution in [-0.4, -0.2) is 16.5 Å². The summed E-state index contributed by atoms with van der Waals surface area (Å²) in [6.07, 6.45) is 4.40. The Morgan fingerprint density at radius 3 is 2.80 bits per heavy atom. The normalized spacial score (nSPS) is 11.9. The number of pyridine rings is 1. The molecule has 0 saturated heterocycles. The molecule has 20 heavy (non-hydrogen) atoms. The van der Waals surface area contributed by atoms with Gasteiger partial charge < -0.3 is 10.2 Å². The van der Waals surface area contributed by atoms with Crippen LogP contribution in [0.5, 0.6) is 5.88 Å². The molecular weight excluding hydrogens is 260 g/mol. The summed E-state index contributed by atoms with van der Waals surface area (Å²) in [6.45, 7) is 4.76. The van der Waals surface area contributed by atoms with E-state index >= 15 is 0 Å². The van der Waals surface area contributed by atoms with E-state index in [-0.39, 0.29) is 17.4 Å². The average molecular weight is 282 g/mol. The highest BCUT2D eigenvalue weighted by molar-refractivity contribution is 5.47. The molecule has 0 amide bonds. The van der Waals surface area contributed by atoms with Gasteiger partial charge in [-0.2, -0.15) is 4.98 Å². The molecule has 112 valence electrons. The van der Waals surface area contributed by atoms with Crippen molar-refractivity contribution in [2.75, 3.05) is 12.0 Å². The van der Waals surface area contributed by atoms with Crippen molar-refractivity contribution in [1.82, 2.24) is 4.98 Å². The third kappa shape index (κ3) is 5.00. The maximum Gasteiger partial charge on any atom is 0.278 e. The Bertz CT molecular complexity index is 440. The predicted molar refractivity (Wildman–Crippen MR) is 77.5 cm³/mol. The van der Waals surface area contributed by atoms with Crippen LogP contribution in [0.4, 0.5) is 11.5 Å². The Balaban J connectivity index is 2.70. The van der Waals surface area contributed by atoms with Crippen molar-refractivity contribution in [1.29, 1.82) is 0 Å². The molecular formula is C13H22N4O3. The van der Waals surface area contributed by atoms with Gasteiger partial charge in [0.15, 0.2) is 5.82 Å². The maximum absolute atomic E-state index is 10.8. The molecule has 3 N–H and O–H groups in total. The number of nitrogens with zero attached hydrogens (tertiary/aromatic N) is 2. The first-order valence-electron chi connectivity index (χ1n) is 6.86. The molecule has 1 atom stereocenters. The van der Waals surface area contributed by atoms with E-state index in [4.69, 9.17) is 10.6 Å². The van der Waals surface area contributed by atoms with E-state index in [0.29, 0.717) is 12.5 Å². The lowest BCUT2D eigenvalue weighted by Gasteiger charge is -2.15. The quantitative estimate of drug-likeness (QED) is 0.410. The number of anilines is 1. The number of nitrogens with one attached hydrogen (secondary N) is 1. The third-order valence-electron chi connectivity index (χ3n) is 3.16. The van der Waals surface area contributed by atoms with Crippen molar-refractivity contribution in [3.05, 3.63) is 22.2 Å². The SMILES string of the molecule is CCCCC(CC)COc1cc([N+](=O)[O-])cc(NN)n1. The van der Waals surface area contributed by atoms with Crippen molar-refractivity contribution in [2.24, 2.45) is 11.8 Å². The molecule has 1 aromatic rings. The van der Waals surface area contributed by atoms with E-state index in [2.05, 4.69) is 24.3 Å². The van der Waals surface area contributed by atoms with Gasteiger partial charge in [0.1, 0.15) is 0 Å². The number of rotatable bonds is 9. The molecule has 0 spiro atoms. The van der Waals surface area contributed by atoms with Gasteiger partial charge in [-0.15, -0.1) is 0 Å². The summed E-state index contributed by atoms with van der Waals surface area (Å²) in [5.74, 6) is 6.12. The number of hydrogen-bond donors (Lipinski definition) is 2. The number of unbranched alkanes of at least 4 members (excludes halogenated alkanes) is 1. The van der Waals surface area contributed by atoms with Gasteiger partial charge in [-0.1, -0.05) is 33.1 Å². The standard InChI is InChI=1S/C13H22N4O3/c1-3-5-6-10(4-2)9-20-13-8-11(17(18)19)7-12(15-13)16-14/h7-8,10H,3-6,9,14H2,1-2H3,(H,15,16). The molecule has 1 unspecified atom stereocenters. The van der Waals surface area contributed by atoms with Gasteiger partial charge in [-0.25, -0.2) is 5.84 Å². The zero-order valence-electron chi connectivity index (χ0n) is 12.0. The van der Waals surface area contributed by atoms with Gasteiger partial charge in [0.05, 0.1) is 23.7 Å². The number of hydrazine groups is 1. The molecule has 7 nitrogen and oxygen atoms in total. The molecule has 0 aliphatic carbocycles. The van der Waals surface area contributed by atoms with Crippen LogP contribution in [0.25, 0.3) is 0 Å². The number of hydrogen-bond acceptors (Lipinski definition) is 6. The van der Waals surface area contributed by atoms with E-state index in [9.17, 15) is 10.1 Å². The minimum Gasteiger partial charge on any atom is -0.477 e. The van der Waals surface area contributed by atoms with Crippen LogP contribution in [0.2, 0.25) is 0 Å². The van der Waals surface area contributed by atoms with Gasteiger partial charge in [0, 0.05) is 0 Å².